The van der Waals surface area contributed by atoms with Crippen LogP contribution in [0.15, 0.2) is 18.2 Å². The molecule has 0 unspecified atom stereocenters. The van der Waals surface area contributed by atoms with Gasteiger partial charge in [0.2, 0.25) is 5.91 Å². The lowest BCUT2D eigenvalue weighted by molar-refractivity contribution is -0.123. The van der Waals surface area contributed by atoms with Gasteiger partial charge in [0.25, 0.3) is 0 Å². The van der Waals surface area contributed by atoms with Crippen molar-refractivity contribution >= 4 is 28.9 Å². The van der Waals surface area contributed by atoms with Gasteiger partial charge in [-0.3, -0.25) is 4.79 Å². The number of anilines is 2. The van der Waals surface area contributed by atoms with Crippen LogP contribution in [0.5, 0.6) is 0 Å². The minimum atomic E-state index is -0.412. The van der Waals surface area contributed by atoms with E-state index < -0.39 is 5.54 Å². The van der Waals surface area contributed by atoms with Gasteiger partial charge in [-0.2, -0.15) is 0 Å². The second-order valence-corrected chi connectivity index (χ2v) is 6.55. The molecule has 3 rings (SSSR count). The molecule has 1 amide bonds. The Morgan fingerprint density at radius 2 is 1.95 bits per heavy atom. The Hall–Kier alpha value is -1.22. The number of halogens is 1. The number of carbonyl (C=O) groups is 1. The fourth-order valence-corrected chi connectivity index (χ4v) is 4.05. The van der Waals surface area contributed by atoms with E-state index in [0.717, 1.165) is 42.1 Å². The molecule has 1 aliphatic carbocycles. The largest absolute Gasteiger partial charge is 0.352 e. The molecule has 20 heavy (non-hydrogen) atoms. The lowest BCUT2D eigenvalue weighted by Crippen LogP contribution is -2.63. The van der Waals surface area contributed by atoms with Crippen molar-refractivity contribution in [2.45, 2.75) is 57.5 Å². The third-order valence-corrected chi connectivity index (χ3v) is 4.86. The molecule has 1 fully saturated rings. The maximum atomic E-state index is 12.8. The summed E-state index contributed by atoms with van der Waals surface area (Å²) in [5.74, 6) is 0.140. The van der Waals surface area contributed by atoms with Crippen LogP contribution in [0.2, 0.25) is 5.02 Å². The number of nitrogens with zero attached hydrogens (tertiary/aromatic N) is 1. The second kappa shape index (κ2) is 4.96. The van der Waals surface area contributed by atoms with Crippen molar-refractivity contribution in [3.8, 4) is 0 Å². The van der Waals surface area contributed by atoms with Crippen LogP contribution in [0.4, 0.5) is 11.4 Å². The number of rotatable bonds is 1. The first-order valence-corrected chi connectivity index (χ1v) is 7.83. The average Bonchev–Trinajstić information content (AvgIpc) is 2.42. The normalized spacial score (nSPS) is 21.0. The molecule has 1 aromatic rings. The van der Waals surface area contributed by atoms with E-state index in [1.165, 1.54) is 6.42 Å². The Kier molecular flexibility index (Phi) is 3.41. The van der Waals surface area contributed by atoms with Gasteiger partial charge < -0.3 is 10.2 Å². The summed E-state index contributed by atoms with van der Waals surface area (Å²) in [7, 11) is 0. The van der Waals surface area contributed by atoms with Gasteiger partial charge in [0, 0.05) is 6.04 Å². The molecule has 0 radical (unpaired) electrons. The number of nitrogens with one attached hydrogen (secondary N) is 1. The molecule has 0 bridgehead atoms. The highest BCUT2D eigenvalue weighted by Crippen LogP contribution is 2.47. The van der Waals surface area contributed by atoms with E-state index in [9.17, 15) is 4.79 Å². The third-order valence-electron chi connectivity index (χ3n) is 4.56. The minimum absolute atomic E-state index is 0.140. The summed E-state index contributed by atoms with van der Waals surface area (Å²) in [6.07, 6.45) is 5.27. The predicted molar refractivity (Wildman–Crippen MR) is 83.5 cm³/mol. The quantitative estimate of drug-likeness (QED) is 0.841. The zero-order chi connectivity index (χ0) is 14.3. The Morgan fingerprint density at radius 3 is 2.60 bits per heavy atom. The Labute approximate surface area is 125 Å². The van der Waals surface area contributed by atoms with Gasteiger partial charge in [-0.25, -0.2) is 0 Å². The van der Waals surface area contributed by atoms with Gasteiger partial charge in [0.1, 0.15) is 5.54 Å². The summed E-state index contributed by atoms with van der Waals surface area (Å²) < 4.78 is 0. The zero-order valence-corrected chi connectivity index (χ0v) is 12.8. The van der Waals surface area contributed by atoms with E-state index in [-0.39, 0.29) is 11.9 Å². The molecule has 1 aliphatic heterocycles. The molecule has 1 aromatic carbocycles. The molecular weight excluding hydrogens is 272 g/mol. The minimum Gasteiger partial charge on any atom is -0.352 e. The highest BCUT2D eigenvalue weighted by atomic mass is 35.5. The second-order valence-electron chi connectivity index (χ2n) is 6.15. The monoisotopic (exact) mass is 292 g/mol. The average molecular weight is 293 g/mol. The summed E-state index contributed by atoms with van der Waals surface area (Å²) in [6.45, 7) is 4.28. The van der Waals surface area contributed by atoms with Crippen molar-refractivity contribution in [2.24, 2.45) is 0 Å². The molecule has 1 heterocycles. The number of para-hydroxylation sites is 1. The van der Waals surface area contributed by atoms with Crippen molar-refractivity contribution < 1.29 is 4.79 Å². The maximum absolute atomic E-state index is 12.8. The van der Waals surface area contributed by atoms with Crippen molar-refractivity contribution in [1.82, 2.24) is 0 Å². The van der Waals surface area contributed by atoms with E-state index in [1.54, 1.807) is 0 Å². The molecular formula is C16H21ClN2O. The molecule has 1 spiro atoms. The topological polar surface area (TPSA) is 32.3 Å². The van der Waals surface area contributed by atoms with Crippen LogP contribution in [0.1, 0.15) is 46.0 Å². The number of amides is 1. The van der Waals surface area contributed by atoms with Gasteiger partial charge in [-0.05, 0) is 38.8 Å². The van der Waals surface area contributed by atoms with E-state index in [4.69, 9.17) is 11.6 Å². The van der Waals surface area contributed by atoms with E-state index >= 15 is 0 Å². The number of fused-ring (bicyclic) bond motifs is 1. The fraction of sp³-hybridized carbons (Fsp3) is 0.562. The summed E-state index contributed by atoms with van der Waals surface area (Å²) >= 11 is 6.44. The van der Waals surface area contributed by atoms with Crippen LogP contribution < -0.4 is 10.2 Å². The zero-order valence-electron chi connectivity index (χ0n) is 12.1. The molecule has 108 valence electrons. The van der Waals surface area contributed by atoms with Gasteiger partial charge >= 0.3 is 0 Å². The SMILES string of the molecule is CC(C)N1c2c(Cl)cccc2NC(=O)C12CCCCC2. The predicted octanol–water partition coefficient (Wildman–Crippen LogP) is 4.21. The van der Waals surface area contributed by atoms with Gasteiger partial charge in [-0.1, -0.05) is 36.9 Å². The fourth-order valence-electron chi connectivity index (χ4n) is 3.78. The van der Waals surface area contributed by atoms with E-state index in [1.807, 2.05) is 18.2 Å². The van der Waals surface area contributed by atoms with Crippen LogP contribution >= 0.6 is 11.6 Å². The van der Waals surface area contributed by atoms with Crippen molar-refractivity contribution in [1.29, 1.82) is 0 Å². The van der Waals surface area contributed by atoms with Crippen molar-refractivity contribution in [2.75, 3.05) is 10.2 Å². The van der Waals surface area contributed by atoms with Crippen molar-refractivity contribution in [3.05, 3.63) is 23.2 Å². The highest BCUT2D eigenvalue weighted by molar-refractivity contribution is 6.34. The smallest absolute Gasteiger partial charge is 0.250 e. The summed E-state index contributed by atoms with van der Waals surface area (Å²) in [5, 5.41) is 3.80. The standard InChI is InChI=1S/C16H21ClN2O/c1-11(2)19-14-12(17)7-6-8-13(14)18-15(20)16(19)9-4-3-5-10-16/h6-8,11H,3-5,9-10H2,1-2H3,(H,18,20). The lowest BCUT2D eigenvalue weighted by atomic mass is 9.77. The molecule has 3 nitrogen and oxygen atoms in total. The van der Waals surface area contributed by atoms with Gasteiger partial charge in [0.05, 0.1) is 16.4 Å². The number of hydrogen-bond donors (Lipinski definition) is 1. The van der Waals surface area contributed by atoms with Crippen LogP contribution in [0.3, 0.4) is 0 Å². The first-order chi connectivity index (χ1) is 9.56. The first-order valence-electron chi connectivity index (χ1n) is 7.45. The molecule has 1 N–H and O–H groups in total. The summed E-state index contributed by atoms with van der Waals surface area (Å²) in [5.41, 5.74) is 1.42. The maximum Gasteiger partial charge on any atom is 0.250 e. The van der Waals surface area contributed by atoms with Crippen LogP contribution in [-0.4, -0.2) is 17.5 Å². The van der Waals surface area contributed by atoms with E-state index in [2.05, 4.69) is 24.1 Å². The highest BCUT2D eigenvalue weighted by Gasteiger charge is 2.49. The Bertz CT molecular complexity index is 535. The molecule has 0 aromatic heterocycles. The van der Waals surface area contributed by atoms with Crippen LogP contribution in [0.25, 0.3) is 0 Å². The molecule has 0 atom stereocenters. The van der Waals surface area contributed by atoms with Crippen LogP contribution in [-0.2, 0) is 4.79 Å². The number of benzene rings is 1. The summed E-state index contributed by atoms with van der Waals surface area (Å²) in [4.78, 5) is 15.0. The number of carbonyl (C=O) groups excluding carboxylic acids is 1. The van der Waals surface area contributed by atoms with E-state index in [0.29, 0.717) is 0 Å². The lowest BCUT2D eigenvalue weighted by Gasteiger charge is -2.52. The van der Waals surface area contributed by atoms with Crippen molar-refractivity contribution in [3.63, 3.8) is 0 Å². The Balaban J connectivity index is 2.17. The van der Waals surface area contributed by atoms with Crippen LogP contribution in [0, 0.1) is 0 Å². The third kappa shape index (κ3) is 1.91. The molecule has 4 heteroatoms. The van der Waals surface area contributed by atoms with Gasteiger partial charge in [0.15, 0.2) is 0 Å². The molecule has 2 aliphatic rings. The number of hydrogen-bond acceptors (Lipinski definition) is 2. The van der Waals surface area contributed by atoms with Gasteiger partial charge in [-0.15, -0.1) is 0 Å². The Morgan fingerprint density at radius 1 is 1.25 bits per heavy atom. The molecule has 1 saturated carbocycles. The summed E-state index contributed by atoms with van der Waals surface area (Å²) in [6, 6.07) is 5.98. The molecule has 0 saturated heterocycles. The first kappa shape index (κ1) is 13.7.